The van der Waals surface area contributed by atoms with Crippen LogP contribution in [0.2, 0.25) is 0 Å². The van der Waals surface area contributed by atoms with Gasteiger partial charge in [-0.2, -0.15) is 0 Å². The van der Waals surface area contributed by atoms with Crippen LogP contribution in [0.3, 0.4) is 0 Å². The zero-order valence-electron chi connectivity index (χ0n) is 15.8. The van der Waals surface area contributed by atoms with Gasteiger partial charge in [-0.25, -0.2) is 9.97 Å². The van der Waals surface area contributed by atoms with Gasteiger partial charge in [-0.1, -0.05) is 6.92 Å². The van der Waals surface area contributed by atoms with Gasteiger partial charge in [0.25, 0.3) is 5.91 Å². The van der Waals surface area contributed by atoms with E-state index in [1.54, 1.807) is 16.8 Å². The molecule has 0 radical (unpaired) electrons. The van der Waals surface area contributed by atoms with Gasteiger partial charge in [-0.3, -0.25) is 9.36 Å². The van der Waals surface area contributed by atoms with Crippen molar-refractivity contribution in [2.75, 3.05) is 18.0 Å². The molecule has 0 spiro atoms. The number of nitrogens with one attached hydrogen (secondary N) is 2. The third kappa shape index (κ3) is 3.94. The number of hydrogen-bond acceptors (Lipinski definition) is 6. The summed E-state index contributed by atoms with van der Waals surface area (Å²) in [6.07, 6.45) is 6.60. The quantitative estimate of drug-likeness (QED) is 0.638. The minimum absolute atomic E-state index is 0.275. The Hall–Kier alpha value is -3.29. The fraction of sp³-hybridized carbons (Fsp3) is 0.316. The Kier molecular flexibility index (Phi) is 5.16. The molecule has 0 aromatic carbocycles. The number of imidazole rings is 1. The molecule has 3 heterocycles. The third-order valence-corrected chi connectivity index (χ3v) is 4.63. The average molecular weight is 367 g/mol. The van der Waals surface area contributed by atoms with E-state index in [-0.39, 0.29) is 17.5 Å². The highest BCUT2D eigenvalue weighted by molar-refractivity contribution is 5.92. The Morgan fingerprint density at radius 2 is 2.07 bits per heavy atom. The summed E-state index contributed by atoms with van der Waals surface area (Å²) in [5, 5.41) is 6.20. The molecule has 6 N–H and O–H groups in total. The van der Waals surface area contributed by atoms with Crippen LogP contribution in [0.25, 0.3) is 5.70 Å². The first-order valence-electron chi connectivity index (χ1n) is 8.88. The summed E-state index contributed by atoms with van der Waals surface area (Å²) < 4.78 is 1.73. The van der Waals surface area contributed by atoms with Gasteiger partial charge in [-0.05, 0) is 49.6 Å². The fourth-order valence-electron chi connectivity index (χ4n) is 3.08. The molecule has 0 bridgehead atoms. The normalized spacial score (nSPS) is 13.6. The van der Waals surface area contributed by atoms with E-state index in [4.69, 9.17) is 11.5 Å². The predicted molar refractivity (Wildman–Crippen MR) is 107 cm³/mol. The van der Waals surface area contributed by atoms with Crippen molar-refractivity contribution in [1.82, 2.24) is 25.2 Å². The predicted octanol–water partition coefficient (Wildman–Crippen LogP) is 1.73. The zero-order valence-corrected chi connectivity index (χ0v) is 15.8. The van der Waals surface area contributed by atoms with Gasteiger partial charge in [0.05, 0.1) is 6.54 Å². The molecule has 1 amide bonds. The summed E-state index contributed by atoms with van der Waals surface area (Å²) in [5.41, 5.74) is 16.9. The van der Waals surface area contributed by atoms with Gasteiger partial charge in [0, 0.05) is 29.8 Å². The van der Waals surface area contributed by atoms with Crippen LogP contribution in [-0.2, 0) is 6.54 Å². The van der Waals surface area contributed by atoms with Crippen molar-refractivity contribution in [3.05, 3.63) is 52.6 Å². The Labute approximate surface area is 158 Å². The highest BCUT2D eigenvalue weighted by Gasteiger charge is 2.16. The SMILES string of the molecule is CCC1=CC=C(n2cc(C(=O)NCc3c(C)cc(N)nc3C)nc2N)CN1. The largest absolute Gasteiger partial charge is 0.384 e. The van der Waals surface area contributed by atoms with E-state index in [1.807, 2.05) is 26.0 Å². The van der Waals surface area contributed by atoms with Crippen LogP contribution in [0, 0.1) is 13.8 Å². The number of aromatic nitrogens is 3. The van der Waals surface area contributed by atoms with Gasteiger partial charge in [0.1, 0.15) is 11.5 Å². The molecule has 142 valence electrons. The number of dihydropyridines is 1. The van der Waals surface area contributed by atoms with E-state index >= 15 is 0 Å². The molecule has 0 saturated carbocycles. The molecule has 8 nitrogen and oxygen atoms in total. The lowest BCUT2D eigenvalue weighted by Crippen LogP contribution is -2.24. The topological polar surface area (TPSA) is 124 Å². The number of amides is 1. The number of carbonyl (C=O) groups excluding carboxylic acids is 1. The Morgan fingerprint density at radius 1 is 1.30 bits per heavy atom. The molecule has 0 aliphatic carbocycles. The van der Waals surface area contributed by atoms with Crippen molar-refractivity contribution in [2.24, 2.45) is 0 Å². The second-order valence-corrected chi connectivity index (χ2v) is 6.52. The number of anilines is 2. The molecule has 0 atom stereocenters. The van der Waals surface area contributed by atoms with Crippen LogP contribution in [0.1, 0.15) is 40.7 Å². The molecular formula is C19H25N7O. The Balaban J connectivity index is 1.74. The average Bonchev–Trinajstić information content (AvgIpc) is 3.02. The smallest absolute Gasteiger partial charge is 0.271 e. The first kappa shape index (κ1) is 18.5. The number of aryl methyl sites for hydroxylation is 2. The Morgan fingerprint density at radius 3 is 2.70 bits per heavy atom. The van der Waals surface area contributed by atoms with Gasteiger partial charge in [-0.15, -0.1) is 0 Å². The minimum Gasteiger partial charge on any atom is -0.384 e. The zero-order chi connectivity index (χ0) is 19.6. The maximum atomic E-state index is 12.5. The standard InChI is InChI=1S/C19H25N7O/c1-4-13-5-6-14(8-22-13)26-10-16(25-19(26)21)18(27)23-9-15-11(2)7-17(20)24-12(15)3/h5-7,10,22H,4,8-9H2,1-3H3,(H2,20,24)(H2,21,25)(H,23,27). The van der Waals surface area contributed by atoms with Crippen LogP contribution >= 0.6 is 0 Å². The highest BCUT2D eigenvalue weighted by atomic mass is 16.1. The van der Waals surface area contributed by atoms with Gasteiger partial charge >= 0.3 is 0 Å². The molecule has 2 aromatic rings. The Bertz CT molecular complexity index is 917. The van der Waals surface area contributed by atoms with E-state index in [0.717, 1.165) is 28.9 Å². The van der Waals surface area contributed by atoms with Gasteiger partial charge in [0.15, 0.2) is 0 Å². The summed E-state index contributed by atoms with van der Waals surface area (Å²) in [7, 11) is 0. The van der Waals surface area contributed by atoms with Crippen molar-refractivity contribution < 1.29 is 4.79 Å². The maximum Gasteiger partial charge on any atom is 0.271 e. The van der Waals surface area contributed by atoms with E-state index in [9.17, 15) is 4.79 Å². The lowest BCUT2D eigenvalue weighted by Gasteiger charge is -2.17. The molecule has 3 rings (SSSR count). The monoisotopic (exact) mass is 367 g/mol. The van der Waals surface area contributed by atoms with E-state index in [0.29, 0.717) is 18.9 Å². The van der Waals surface area contributed by atoms with Crippen LogP contribution in [0.4, 0.5) is 11.8 Å². The number of nitrogen functional groups attached to an aromatic ring is 2. The number of nitrogens with zero attached hydrogens (tertiary/aromatic N) is 3. The van der Waals surface area contributed by atoms with Crippen molar-refractivity contribution in [2.45, 2.75) is 33.7 Å². The summed E-state index contributed by atoms with van der Waals surface area (Å²) >= 11 is 0. The molecule has 1 aliphatic heterocycles. The van der Waals surface area contributed by atoms with Crippen molar-refractivity contribution in [3.8, 4) is 0 Å². The van der Waals surface area contributed by atoms with Crippen LogP contribution in [0.5, 0.6) is 0 Å². The van der Waals surface area contributed by atoms with Crippen molar-refractivity contribution in [3.63, 3.8) is 0 Å². The molecular weight excluding hydrogens is 342 g/mol. The third-order valence-electron chi connectivity index (χ3n) is 4.63. The van der Waals surface area contributed by atoms with E-state index in [2.05, 4.69) is 27.5 Å². The number of pyridine rings is 1. The summed E-state index contributed by atoms with van der Waals surface area (Å²) in [5.74, 6) is 0.467. The van der Waals surface area contributed by atoms with E-state index in [1.165, 1.54) is 5.70 Å². The second kappa shape index (κ2) is 7.53. The highest BCUT2D eigenvalue weighted by Crippen LogP contribution is 2.18. The fourth-order valence-corrected chi connectivity index (χ4v) is 3.08. The second-order valence-electron chi connectivity index (χ2n) is 6.52. The van der Waals surface area contributed by atoms with Crippen LogP contribution < -0.4 is 22.1 Å². The van der Waals surface area contributed by atoms with Crippen LogP contribution in [0.15, 0.2) is 30.1 Å². The number of carbonyl (C=O) groups is 1. The number of nitrogens with two attached hydrogens (primary N) is 2. The van der Waals surface area contributed by atoms with Crippen molar-refractivity contribution >= 4 is 23.4 Å². The number of rotatable bonds is 5. The number of allylic oxidation sites excluding steroid dienone is 3. The summed E-state index contributed by atoms with van der Waals surface area (Å²) in [6, 6.07) is 1.79. The first-order chi connectivity index (χ1) is 12.9. The molecule has 8 heteroatoms. The minimum atomic E-state index is -0.287. The molecule has 0 saturated heterocycles. The van der Waals surface area contributed by atoms with Gasteiger partial charge in [0.2, 0.25) is 5.95 Å². The summed E-state index contributed by atoms with van der Waals surface area (Å²) in [6.45, 7) is 6.89. The molecule has 0 fully saturated rings. The van der Waals surface area contributed by atoms with Crippen LogP contribution in [-0.4, -0.2) is 27.0 Å². The van der Waals surface area contributed by atoms with E-state index < -0.39 is 0 Å². The maximum absolute atomic E-state index is 12.5. The van der Waals surface area contributed by atoms with Gasteiger partial charge < -0.3 is 22.1 Å². The van der Waals surface area contributed by atoms with Crippen molar-refractivity contribution in [1.29, 1.82) is 0 Å². The first-order valence-corrected chi connectivity index (χ1v) is 8.88. The lowest BCUT2D eigenvalue weighted by atomic mass is 10.1. The molecule has 1 aliphatic rings. The molecule has 27 heavy (non-hydrogen) atoms. The molecule has 2 aromatic heterocycles. The number of hydrogen-bond donors (Lipinski definition) is 4. The molecule has 0 unspecified atom stereocenters. The lowest BCUT2D eigenvalue weighted by molar-refractivity contribution is 0.0946. The summed E-state index contributed by atoms with van der Waals surface area (Å²) in [4.78, 5) is 21.0.